The van der Waals surface area contributed by atoms with E-state index >= 15 is 0 Å². The Bertz CT molecular complexity index is 3080. The molecule has 15 nitrogen and oxygen atoms in total. The van der Waals surface area contributed by atoms with Crippen LogP contribution in [0, 0.1) is 35.4 Å². The van der Waals surface area contributed by atoms with Crippen molar-refractivity contribution in [1.29, 1.82) is 0 Å². The van der Waals surface area contributed by atoms with Crippen LogP contribution in [-0.4, -0.2) is 83.2 Å². The van der Waals surface area contributed by atoms with Gasteiger partial charge in [-0.25, -0.2) is 9.37 Å². The number of aryl methyl sites for hydroxylation is 1. The molecule has 76 heavy (non-hydrogen) atoms. The number of carbonyl (C=O) groups is 5. The molecule has 2 aliphatic heterocycles. The Morgan fingerprint density at radius 3 is 2.16 bits per heavy atom. The van der Waals surface area contributed by atoms with Gasteiger partial charge < -0.3 is 40.5 Å². The monoisotopic (exact) mass is 1050 g/mol. The number of nitrogens with one attached hydrogen (secondary N) is 4. The van der Waals surface area contributed by atoms with Crippen LogP contribution in [0.4, 0.5) is 21.5 Å². The first kappa shape index (κ1) is 53.4. The molecule has 1 aliphatic carbocycles. The van der Waals surface area contributed by atoms with E-state index in [1.807, 2.05) is 69.6 Å². The zero-order valence-electron chi connectivity index (χ0n) is 44.0. The van der Waals surface area contributed by atoms with E-state index in [9.17, 15) is 28.4 Å². The van der Waals surface area contributed by atoms with Crippen LogP contribution < -0.4 is 35.6 Å². The topological polar surface area (TPSA) is 184 Å². The summed E-state index contributed by atoms with van der Waals surface area (Å²) in [6.07, 6.45) is 6.86. The maximum atomic E-state index is 14.3. The Kier molecular flexibility index (Phi) is 16.0. The number of ether oxygens (including phenoxy) is 2. The van der Waals surface area contributed by atoms with E-state index in [4.69, 9.17) is 9.47 Å². The number of methoxy groups -OCH3 is 1. The fourth-order valence-corrected chi connectivity index (χ4v) is 11.2. The molecule has 2 saturated heterocycles. The van der Waals surface area contributed by atoms with Crippen LogP contribution in [0.3, 0.4) is 0 Å². The highest BCUT2D eigenvalue weighted by atomic mass is 32.1. The minimum Gasteiger partial charge on any atom is -0.495 e. The predicted octanol–water partition coefficient (Wildman–Crippen LogP) is 10.4. The molecule has 1 saturated carbocycles. The number of hydrogen-bond donors (Lipinski definition) is 4. The van der Waals surface area contributed by atoms with Gasteiger partial charge in [0.25, 0.3) is 0 Å². The van der Waals surface area contributed by atoms with E-state index in [-0.39, 0.29) is 23.6 Å². The van der Waals surface area contributed by atoms with Crippen molar-refractivity contribution < 1.29 is 37.8 Å². The smallest absolute Gasteiger partial charge is 0.246 e. The molecule has 2 aromatic heterocycles. The van der Waals surface area contributed by atoms with Crippen LogP contribution in [0.2, 0.25) is 0 Å². The second-order valence-corrected chi connectivity index (χ2v) is 22.5. The van der Waals surface area contributed by atoms with E-state index in [1.54, 1.807) is 59.9 Å². The largest absolute Gasteiger partial charge is 0.495 e. The zero-order valence-corrected chi connectivity index (χ0v) is 44.9. The molecule has 3 fully saturated rings. The van der Waals surface area contributed by atoms with Crippen LogP contribution >= 0.6 is 11.3 Å². The average Bonchev–Trinajstić information content (AvgIpc) is 3.99. The summed E-state index contributed by atoms with van der Waals surface area (Å²) in [6, 6.07) is 24.8. The molecule has 0 spiro atoms. The maximum absolute atomic E-state index is 14.3. The van der Waals surface area contributed by atoms with Gasteiger partial charge in [-0.1, -0.05) is 52.0 Å². The van der Waals surface area contributed by atoms with Gasteiger partial charge in [0.2, 0.25) is 29.5 Å². The average molecular weight is 1050 g/mol. The molecule has 398 valence electrons. The molecule has 9 rings (SSSR count). The SMILES string of the molecule is COc1cc2c(Oc3ccc(NC(=O)C4(C(=O)Nc5ccc(F)cc5)CC4)cc3)ccnc2cc1N1CCC(CCCC(=O)N[C@H](C(=O)N2C[C@H](C)C[C@H]2C(=O)NCc2ccc(-c3scnc3C)cc2)C(C)(C)C)CC1. The number of amides is 5. The van der Waals surface area contributed by atoms with Crippen LogP contribution in [0.1, 0.15) is 90.3 Å². The number of anilines is 3. The van der Waals surface area contributed by atoms with Gasteiger partial charge in [-0.3, -0.25) is 29.0 Å². The van der Waals surface area contributed by atoms with Crippen molar-refractivity contribution in [1.82, 2.24) is 25.5 Å². The molecule has 4 aromatic carbocycles. The van der Waals surface area contributed by atoms with E-state index in [0.717, 1.165) is 70.6 Å². The Labute approximate surface area is 447 Å². The summed E-state index contributed by atoms with van der Waals surface area (Å²) in [6.45, 7) is 12.3. The van der Waals surface area contributed by atoms with Crippen molar-refractivity contribution in [2.24, 2.45) is 22.7 Å². The Balaban J connectivity index is 0.740. The lowest BCUT2D eigenvalue weighted by atomic mass is 9.85. The Morgan fingerprint density at radius 1 is 0.868 bits per heavy atom. The first-order valence-electron chi connectivity index (χ1n) is 26.2. The summed E-state index contributed by atoms with van der Waals surface area (Å²) in [5.41, 5.74) is 5.73. The van der Waals surface area contributed by atoms with Crippen molar-refractivity contribution >= 4 is 68.8 Å². The summed E-state index contributed by atoms with van der Waals surface area (Å²) >= 11 is 1.60. The Hall–Kier alpha value is -7.40. The van der Waals surface area contributed by atoms with E-state index < -0.39 is 40.5 Å². The van der Waals surface area contributed by atoms with Crippen LogP contribution in [-0.2, 0) is 30.5 Å². The highest BCUT2D eigenvalue weighted by Crippen LogP contribution is 2.48. The van der Waals surface area contributed by atoms with Crippen LogP contribution in [0.25, 0.3) is 21.3 Å². The highest BCUT2D eigenvalue weighted by Gasteiger charge is 2.56. The molecular weight excluding hydrogens is 984 g/mol. The molecule has 3 aliphatic rings. The van der Waals surface area contributed by atoms with Gasteiger partial charge in [0.1, 0.15) is 40.6 Å². The first-order valence-corrected chi connectivity index (χ1v) is 27.1. The summed E-state index contributed by atoms with van der Waals surface area (Å²) in [5.74, 6) is 0.559. The molecule has 0 unspecified atom stereocenters. The number of carbonyl (C=O) groups excluding carboxylic acids is 5. The molecule has 0 radical (unpaired) electrons. The van der Waals surface area contributed by atoms with Gasteiger partial charge in [0, 0.05) is 55.6 Å². The van der Waals surface area contributed by atoms with Gasteiger partial charge in [0.05, 0.1) is 34.4 Å². The van der Waals surface area contributed by atoms with Crippen molar-refractivity contribution in [2.45, 2.75) is 105 Å². The number of fused-ring (bicyclic) bond motifs is 1. The fraction of sp³-hybridized carbons (Fsp3) is 0.407. The third-order valence-electron chi connectivity index (χ3n) is 15.0. The number of hydrogen-bond acceptors (Lipinski definition) is 11. The minimum absolute atomic E-state index is 0.140. The normalized spacial score (nSPS) is 17.7. The van der Waals surface area contributed by atoms with Crippen molar-refractivity contribution in [3.63, 3.8) is 0 Å². The minimum atomic E-state index is -1.18. The van der Waals surface area contributed by atoms with Crippen molar-refractivity contribution in [2.75, 3.05) is 42.3 Å². The molecule has 3 atom stereocenters. The summed E-state index contributed by atoms with van der Waals surface area (Å²) in [4.78, 5) is 82.0. The fourth-order valence-electron chi connectivity index (χ4n) is 10.3. The molecule has 4 N–H and O–H groups in total. The lowest BCUT2D eigenvalue weighted by Crippen LogP contribution is -2.57. The number of thiazole rings is 1. The molecule has 6 aromatic rings. The molecule has 5 amide bonds. The van der Waals surface area contributed by atoms with Gasteiger partial charge >= 0.3 is 0 Å². The molecule has 17 heteroatoms. The maximum Gasteiger partial charge on any atom is 0.246 e. The number of nitrogens with zero attached hydrogens (tertiary/aromatic N) is 4. The van der Waals surface area contributed by atoms with E-state index in [0.29, 0.717) is 79.7 Å². The first-order chi connectivity index (χ1) is 36.5. The lowest BCUT2D eigenvalue weighted by molar-refractivity contribution is -0.144. The molecule has 0 bridgehead atoms. The van der Waals surface area contributed by atoms with Crippen molar-refractivity contribution in [3.05, 3.63) is 120 Å². The van der Waals surface area contributed by atoms with Crippen molar-refractivity contribution in [3.8, 4) is 27.7 Å². The summed E-state index contributed by atoms with van der Waals surface area (Å²) in [7, 11) is 1.65. The summed E-state index contributed by atoms with van der Waals surface area (Å²) < 4.78 is 25.6. The van der Waals surface area contributed by atoms with E-state index in [2.05, 4.69) is 43.1 Å². The number of rotatable bonds is 18. The quantitative estimate of drug-likeness (QED) is 0.0604. The van der Waals surface area contributed by atoms with Gasteiger partial charge in [-0.2, -0.15) is 0 Å². The van der Waals surface area contributed by atoms with Gasteiger partial charge in [-0.05, 0) is 147 Å². The number of halogens is 1. The summed E-state index contributed by atoms with van der Waals surface area (Å²) in [5, 5.41) is 12.5. The van der Waals surface area contributed by atoms with E-state index in [1.165, 1.54) is 24.3 Å². The third-order valence-corrected chi connectivity index (χ3v) is 16.0. The second-order valence-electron chi connectivity index (χ2n) is 21.7. The standard InChI is InChI=1S/C59H67FN8O7S/c1-36-30-48(54(70)62-33-39-10-12-40(13-11-39)52-37(2)63-35-76-52)68(34-36)55(71)53(58(3,4)5)66-51(69)9-7-8-38-23-28-67(29-24-38)47-32-46-45(31-50(47)74-6)49(22-27-61-46)75-44-20-18-43(19-21-44)65-57(73)59(25-26-59)56(72)64-42-16-14-41(60)15-17-42/h10-22,27,31-32,35-36,38,48,53H,7-9,23-26,28-30,33-34H2,1-6H3,(H,62,70)(H,64,72)(H,65,73)(H,66,69)/t36-,48+,53-/m1/s1. The second kappa shape index (κ2) is 22.8. The number of benzene rings is 4. The number of aromatic nitrogens is 2. The van der Waals surface area contributed by atoms with Gasteiger partial charge in [-0.15, -0.1) is 11.3 Å². The number of pyridine rings is 1. The highest BCUT2D eigenvalue weighted by molar-refractivity contribution is 7.13. The van der Waals surface area contributed by atoms with Crippen LogP contribution in [0.15, 0.2) is 103 Å². The number of piperidine rings is 1. The van der Waals surface area contributed by atoms with Crippen LogP contribution in [0.5, 0.6) is 17.2 Å². The zero-order chi connectivity index (χ0) is 53.7. The number of likely N-dealkylation sites (tertiary alicyclic amines) is 1. The predicted molar refractivity (Wildman–Crippen MR) is 294 cm³/mol. The molecule has 4 heterocycles. The third kappa shape index (κ3) is 12.3. The molecular formula is C59H67FN8O7S. The van der Waals surface area contributed by atoms with Gasteiger partial charge in [0.15, 0.2) is 0 Å². The Morgan fingerprint density at radius 2 is 1.54 bits per heavy atom. The lowest BCUT2D eigenvalue weighted by Gasteiger charge is -2.36.